The molecule has 0 unspecified atom stereocenters. The van der Waals surface area contributed by atoms with Crippen LogP contribution in [0.15, 0.2) is 48.8 Å². The van der Waals surface area contributed by atoms with Crippen molar-refractivity contribution in [2.24, 2.45) is 0 Å². The lowest BCUT2D eigenvalue weighted by molar-refractivity contribution is 0.122. The normalized spacial score (nSPS) is 14.8. The monoisotopic (exact) mass is 339 g/mol. The van der Waals surface area contributed by atoms with Gasteiger partial charge in [-0.3, -0.25) is 4.40 Å². The van der Waals surface area contributed by atoms with Crippen LogP contribution >= 0.6 is 0 Å². The van der Waals surface area contributed by atoms with Crippen LogP contribution in [0.3, 0.4) is 0 Å². The van der Waals surface area contributed by atoms with E-state index in [4.69, 9.17) is 14.6 Å². The lowest BCUT2D eigenvalue weighted by atomic mass is 10.1. The number of imidazole rings is 1. The fraction of sp³-hybridized carbons (Fsp3) is 0.316. The zero-order chi connectivity index (χ0) is 17.1. The van der Waals surface area contributed by atoms with Crippen LogP contribution in [-0.2, 0) is 4.74 Å². The van der Waals surface area contributed by atoms with Gasteiger partial charge in [-0.1, -0.05) is 0 Å². The van der Waals surface area contributed by atoms with Crippen molar-refractivity contribution in [1.82, 2.24) is 9.38 Å². The number of pyridine rings is 1. The number of morpholine rings is 1. The number of aliphatic hydroxyl groups excluding tert-OH is 1. The highest BCUT2D eigenvalue weighted by atomic mass is 16.5. The molecule has 3 aromatic rings. The number of aliphatic hydroxyl groups is 1. The first-order valence-corrected chi connectivity index (χ1v) is 8.49. The Hall–Kier alpha value is -2.57. The van der Waals surface area contributed by atoms with Gasteiger partial charge in [-0.25, -0.2) is 4.98 Å². The largest absolute Gasteiger partial charge is 0.491 e. The number of anilines is 1. The van der Waals surface area contributed by atoms with Crippen molar-refractivity contribution in [2.45, 2.75) is 0 Å². The molecule has 3 heterocycles. The molecule has 1 saturated heterocycles. The van der Waals surface area contributed by atoms with Gasteiger partial charge in [-0.05, 0) is 30.3 Å². The maximum Gasteiger partial charge on any atom is 0.139 e. The summed E-state index contributed by atoms with van der Waals surface area (Å²) >= 11 is 0. The van der Waals surface area contributed by atoms with Gasteiger partial charge in [0.05, 0.1) is 31.7 Å². The number of nitrogens with zero attached hydrogens (tertiary/aromatic N) is 3. The molecule has 130 valence electrons. The van der Waals surface area contributed by atoms with E-state index in [0.29, 0.717) is 6.61 Å². The summed E-state index contributed by atoms with van der Waals surface area (Å²) in [5.41, 5.74) is 4.22. The molecule has 0 amide bonds. The molecule has 1 aromatic carbocycles. The average Bonchev–Trinajstić information content (AvgIpc) is 3.10. The van der Waals surface area contributed by atoms with Crippen molar-refractivity contribution in [1.29, 1.82) is 0 Å². The van der Waals surface area contributed by atoms with E-state index in [0.717, 1.165) is 49.0 Å². The molecule has 1 aliphatic rings. The molecule has 0 aliphatic carbocycles. The summed E-state index contributed by atoms with van der Waals surface area (Å²) in [7, 11) is 0. The Kier molecular flexibility index (Phi) is 4.54. The topological polar surface area (TPSA) is 59.2 Å². The lowest BCUT2D eigenvalue weighted by Crippen LogP contribution is -2.36. The molecule has 1 N–H and O–H groups in total. The fourth-order valence-corrected chi connectivity index (χ4v) is 3.09. The minimum atomic E-state index is 0.0144. The van der Waals surface area contributed by atoms with Crippen LogP contribution in [0.25, 0.3) is 16.9 Å². The van der Waals surface area contributed by atoms with Crippen LogP contribution < -0.4 is 9.64 Å². The summed E-state index contributed by atoms with van der Waals surface area (Å²) in [5.74, 6) is 0.751. The van der Waals surface area contributed by atoms with Crippen LogP contribution in [0.2, 0.25) is 0 Å². The Morgan fingerprint density at radius 2 is 1.92 bits per heavy atom. The lowest BCUT2D eigenvalue weighted by Gasteiger charge is -2.28. The molecule has 0 atom stereocenters. The fourth-order valence-electron chi connectivity index (χ4n) is 3.09. The third-order valence-electron chi connectivity index (χ3n) is 4.38. The molecule has 4 rings (SSSR count). The number of hydrogen-bond donors (Lipinski definition) is 1. The molecule has 1 fully saturated rings. The van der Waals surface area contributed by atoms with Gasteiger partial charge in [0.15, 0.2) is 0 Å². The Balaban J connectivity index is 1.60. The first-order valence-electron chi connectivity index (χ1n) is 8.49. The molecule has 6 nitrogen and oxygen atoms in total. The summed E-state index contributed by atoms with van der Waals surface area (Å²) in [6.07, 6.45) is 3.96. The Bertz CT molecular complexity index is 839. The zero-order valence-electron chi connectivity index (χ0n) is 14.0. The third-order valence-corrected chi connectivity index (χ3v) is 4.38. The van der Waals surface area contributed by atoms with Gasteiger partial charge in [-0.2, -0.15) is 0 Å². The zero-order valence-corrected chi connectivity index (χ0v) is 14.0. The highest BCUT2D eigenvalue weighted by Gasteiger charge is 2.13. The summed E-state index contributed by atoms with van der Waals surface area (Å²) in [6.45, 7) is 3.70. The molecule has 0 bridgehead atoms. The molecule has 2 aromatic heterocycles. The second kappa shape index (κ2) is 7.13. The SMILES string of the molecule is OCCOc1ccc(-c2cnc3cc(N4CCOCC4)ccn23)cc1. The maximum atomic E-state index is 8.82. The van der Waals surface area contributed by atoms with Gasteiger partial charge in [0.1, 0.15) is 18.0 Å². The summed E-state index contributed by atoms with van der Waals surface area (Å²) in [6, 6.07) is 12.1. The smallest absolute Gasteiger partial charge is 0.139 e. The summed E-state index contributed by atoms with van der Waals surface area (Å²) < 4.78 is 12.9. The maximum absolute atomic E-state index is 8.82. The van der Waals surface area contributed by atoms with Gasteiger partial charge in [0, 0.05) is 36.6 Å². The number of rotatable bonds is 5. The van der Waals surface area contributed by atoms with E-state index in [2.05, 4.69) is 32.6 Å². The second-order valence-corrected chi connectivity index (χ2v) is 5.95. The van der Waals surface area contributed by atoms with Gasteiger partial charge in [0.25, 0.3) is 0 Å². The molecule has 1 aliphatic heterocycles. The minimum absolute atomic E-state index is 0.0144. The molecule has 0 radical (unpaired) electrons. The van der Waals surface area contributed by atoms with E-state index in [1.807, 2.05) is 30.5 Å². The van der Waals surface area contributed by atoms with Crippen molar-refractivity contribution in [3.8, 4) is 17.0 Å². The number of aromatic nitrogens is 2. The Morgan fingerprint density at radius 1 is 1.12 bits per heavy atom. The molecule has 25 heavy (non-hydrogen) atoms. The van der Waals surface area contributed by atoms with E-state index in [9.17, 15) is 0 Å². The Morgan fingerprint density at radius 3 is 2.68 bits per heavy atom. The number of benzene rings is 1. The van der Waals surface area contributed by atoms with Crippen LogP contribution in [0.1, 0.15) is 0 Å². The van der Waals surface area contributed by atoms with E-state index in [-0.39, 0.29) is 6.61 Å². The molecule has 0 saturated carbocycles. The summed E-state index contributed by atoms with van der Waals surface area (Å²) in [4.78, 5) is 6.89. The van der Waals surface area contributed by atoms with Crippen LogP contribution in [0, 0.1) is 0 Å². The van der Waals surface area contributed by atoms with Gasteiger partial charge >= 0.3 is 0 Å². The van der Waals surface area contributed by atoms with E-state index in [1.54, 1.807) is 0 Å². The van der Waals surface area contributed by atoms with Crippen LogP contribution in [0.5, 0.6) is 5.75 Å². The second-order valence-electron chi connectivity index (χ2n) is 5.95. The Labute approximate surface area is 146 Å². The molecule has 6 heteroatoms. The number of fused-ring (bicyclic) bond motifs is 1. The van der Waals surface area contributed by atoms with Crippen molar-refractivity contribution in [3.05, 3.63) is 48.8 Å². The van der Waals surface area contributed by atoms with E-state index >= 15 is 0 Å². The molecular weight excluding hydrogens is 318 g/mol. The van der Waals surface area contributed by atoms with Crippen molar-refractivity contribution in [2.75, 3.05) is 44.4 Å². The van der Waals surface area contributed by atoms with Gasteiger partial charge in [0.2, 0.25) is 0 Å². The van der Waals surface area contributed by atoms with Crippen molar-refractivity contribution < 1.29 is 14.6 Å². The predicted molar refractivity (Wildman–Crippen MR) is 96.2 cm³/mol. The molecular formula is C19H21N3O3. The van der Waals surface area contributed by atoms with Crippen molar-refractivity contribution >= 4 is 11.3 Å². The first-order chi connectivity index (χ1) is 12.3. The standard InChI is InChI=1S/C19H21N3O3/c23-9-12-25-17-3-1-15(2-4-17)18-14-20-19-13-16(5-6-22(18)19)21-7-10-24-11-8-21/h1-6,13-14,23H,7-12H2. The van der Waals surface area contributed by atoms with Gasteiger partial charge in [-0.15, -0.1) is 0 Å². The highest BCUT2D eigenvalue weighted by molar-refractivity contribution is 5.67. The minimum Gasteiger partial charge on any atom is -0.491 e. The van der Waals surface area contributed by atoms with Crippen LogP contribution in [0.4, 0.5) is 5.69 Å². The number of ether oxygens (including phenoxy) is 2. The average molecular weight is 339 g/mol. The first kappa shape index (κ1) is 15.9. The van der Waals surface area contributed by atoms with E-state index in [1.165, 1.54) is 5.69 Å². The van der Waals surface area contributed by atoms with Gasteiger partial charge < -0.3 is 19.5 Å². The highest BCUT2D eigenvalue weighted by Crippen LogP contribution is 2.26. The van der Waals surface area contributed by atoms with Crippen LogP contribution in [-0.4, -0.2) is 54.0 Å². The molecule has 0 spiro atoms. The predicted octanol–water partition coefficient (Wildman–Crippen LogP) is 2.21. The quantitative estimate of drug-likeness (QED) is 0.772. The number of hydrogen-bond acceptors (Lipinski definition) is 5. The van der Waals surface area contributed by atoms with Crippen molar-refractivity contribution in [3.63, 3.8) is 0 Å². The third kappa shape index (κ3) is 3.31. The van der Waals surface area contributed by atoms with E-state index < -0.39 is 0 Å². The summed E-state index contributed by atoms with van der Waals surface area (Å²) in [5, 5.41) is 8.82.